The van der Waals surface area contributed by atoms with E-state index < -0.39 is 11.9 Å². The van der Waals surface area contributed by atoms with Gasteiger partial charge in [0.2, 0.25) is 5.88 Å². The number of nitrogens with zero attached hydrogens (tertiary/aromatic N) is 8. The van der Waals surface area contributed by atoms with Gasteiger partial charge in [0.15, 0.2) is 5.69 Å². The average Bonchev–Trinajstić information content (AvgIpc) is 3.89. The zero-order chi connectivity index (χ0) is 28.0. The van der Waals surface area contributed by atoms with Crippen molar-refractivity contribution in [3.05, 3.63) is 53.5 Å². The van der Waals surface area contributed by atoms with Crippen LogP contribution in [0.2, 0.25) is 0 Å². The van der Waals surface area contributed by atoms with Gasteiger partial charge in [-0.25, -0.2) is 19.9 Å². The summed E-state index contributed by atoms with van der Waals surface area (Å²) < 4.78 is 49.7. The topological polar surface area (TPSA) is 86.8 Å². The van der Waals surface area contributed by atoms with Crippen LogP contribution in [0.4, 0.5) is 19.0 Å². The highest BCUT2D eigenvalue weighted by Crippen LogP contribution is 2.52. The van der Waals surface area contributed by atoms with E-state index in [1.54, 1.807) is 24.2 Å². The van der Waals surface area contributed by atoms with Crippen LogP contribution in [0.15, 0.2) is 30.9 Å². The van der Waals surface area contributed by atoms with E-state index in [2.05, 4.69) is 19.9 Å². The van der Waals surface area contributed by atoms with Crippen molar-refractivity contribution in [2.45, 2.75) is 75.2 Å². The molecule has 2 saturated carbocycles. The summed E-state index contributed by atoms with van der Waals surface area (Å²) >= 11 is 0. The summed E-state index contributed by atoms with van der Waals surface area (Å²) in [5, 5.41) is 5.00. The normalized spacial score (nSPS) is 21.8. The molecule has 212 valence electrons. The van der Waals surface area contributed by atoms with Gasteiger partial charge >= 0.3 is 6.18 Å². The Bertz CT molecular complexity index is 1650. The molecule has 0 N–H and O–H groups in total. The van der Waals surface area contributed by atoms with Crippen LogP contribution in [0.25, 0.3) is 22.6 Å². The summed E-state index contributed by atoms with van der Waals surface area (Å²) in [5.74, 6) is 2.06. The molecule has 1 saturated heterocycles. The summed E-state index contributed by atoms with van der Waals surface area (Å²) in [6, 6.07) is 4.16. The van der Waals surface area contributed by atoms with Gasteiger partial charge in [-0.05, 0) is 50.7 Å². The maximum Gasteiger partial charge on any atom is 0.434 e. The highest BCUT2D eigenvalue weighted by Gasteiger charge is 2.45. The Morgan fingerprint density at radius 2 is 1.78 bits per heavy atom. The van der Waals surface area contributed by atoms with E-state index in [1.165, 1.54) is 11.3 Å². The van der Waals surface area contributed by atoms with Crippen LogP contribution in [-0.4, -0.2) is 47.4 Å². The number of ether oxygens (including phenoxy) is 1. The molecule has 4 aromatic rings. The van der Waals surface area contributed by atoms with Gasteiger partial charge in [-0.2, -0.15) is 18.3 Å². The van der Waals surface area contributed by atoms with Gasteiger partial charge in [-0.15, -0.1) is 0 Å². The van der Waals surface area contributed by atoms with Crippen LogP contribution >= 0.6 is 0 Å². The number of pyridine rings is 1. The lowest BCUT2D eigenvalue weighted by molar-refractivity contribution is -0.140. The Hall–Kier alpha value is -3.96. The number of methoxy groups -OCH3 is 1. The zero-order valence-corrected chi connectivity index (χ0v) is 22.8. The van der Waals surface area contributed by atoms with Gasteiger partial charge in [-0.1, -0.05) is 0 Å². The Morgan fingerprint density at radius 1 is 0.976 bits per heavy atom. The lowest BCUT2D eigenvalue weighted by Gasteiger charge is -2.36. The summed E-state index contributed by atoms with van der Waals surface area (Å²) in [5.41, 5.74) is 4.86. The molecule has 12 heteroatoms. The number of aryl methyl sites for hydroxylation is 1. The molecule has 0 aromatic carbocycles. The molecule has 2 unspecified atom stereocenters. The SMILES string of the molecule is COc1ncnc(C2CC2)c1-c1nn(C)c2c1C1CCC(C2)N1c1ccc(-c2nc(C(F)(F)F)cn2C2CC2)cn1. The van der Waals surface area contributed by atoms with Gasteiger partial charge in [0, 0.05) is 60.7 Å². The van der Waals surface area contributed by atoms with Crippen molar-refractivity contribution in [1.29, 1.82) is 0 Å². The van der Waals surface area contributed by atoms with Gasteiger partial charge < -0.3 is 14.2 Å². The third kappa shape index (κ3) is 3.93. The third-order valence-corrected chi connectivity index (χ3v) is 8.94. The van der Waals surface area contributed by atoms with Crippen LogP contribution in [-0.2, 0) is 19.6 Å². The van der Waals surface area contributed by atoms with Crippen molar-refractivity contribution in [2.75, 3.05) is 12.0 Å². The van der Waals surface area contributed by atoms with Crippen molar-refractivity contribution in [3.8, 4) is 28.5 Å². The van der Waals surface area contributed by atoms with E-state index in [9.17, 15) is 13.2 Å². The number of imidazole rings is 1. The van der Waals surface area contributed by atoms with Crippen LogP contribution in [0.3, 0.4) is 0 Å². The van der Waals surface area contributed by atoms with Gasteiger partial charge in [-0.3, -0.25) is 4.68 Å². The molecule has 8 rings (SSSR count). The van der Waals surface area contributed by atoms with Crippen LogP contribution < -0.4 is 9.64 Å². The molecular weight excluding hydrogens is 533 g/mol. The van der Waals surface area contributed by atoms with E-state index >= 15 is 0 Å². The maximum atomic E-state index is 13.5. The quantitative estimate of drug-likeness (QED) is 0.301. The van der Waals surface area contributed by atoms with E-state index in [0.717, 1.165) is 73.9 Å². The van der Waals surface area contributed by atoms with Crippen LogP contribution in [0.1, 0.15) is 79.2 Å². The molecule has 4 aliphatic rings. The van der Waals surface area contributed by atoms with Crippen LogP contribution in [0, 0.1) is 0 Å². The standard InChI is InChI=1S/C29H29F3N8O/c1-38-20-11-18-8-9-19(23(20)26(37-38)24-25(15-3-4-15)34-14-35-28(24)41-2)40(18)22-10-5-16(12-33-22)27-36-21(29(30,31)32)13-39(27)17-6-7-17/h5,10,12-15,17-19H,3-4,6-9,11H2,1-2H3. The van der Waals surface area contributed by atoms with Crippen molar-refractivity contribution in [3.63, 3.8) is 0 Å². The average molecular weight is 563 g/mol. The van der Waals surface area contributed by atoms with Crippen molar-refractivity contribution in [1.82, 2.24) is 34.3 Å². The molecule has 2 bridgehead atoms. The van der Waals surface area contributed by atoms with E-state index in [0.29, 0.717) is 23.2 Å². The summed E-state index contributed by atoms with van der Waals surface area (Å²) in [6.07, 6.45) is 6.59. The molecule has 4 aromatic heterocycles. The second-order valence-corrected chi connectivity index (χ2v) is 11.6. The van der Waals surface area contributed by atoms with E-state index in [4.69, 9.17) is 14.8 Å². The molecule has 3 fully saturated rings. The van der Waals surface area contributed by atoms with Crippen molar-refractivity contribution >= 4 is 5.82 Å². The minimum atomic E-state index is -4.49. The number of hydrogen-bond donors (Lipinski definition) is 0. The Labute approximate surface area is 234 Å². The smallest absolute Gasteiger partial charge is 0.434 e. The third-order valence-electron chi connectivity index (χ3n) is 8.94. The largest absolute Gasteiger partial charge is 0.480 e. The second-order valence-electron chi connectivity index (χ2n) is 11.6. The van der Waals surface area contributed by atoms with E-state index in [-0.39, 0.29) is 18.1 Å². The molecule has 0 spiro atoms. The molecule has 2 aliphatic carbocycles. The fraction of sp³-hybridized carbons (Fsp3) is 0.483. The number of rotatable bonds is 6. The summed E-state index contributed by atoms with van der Waals surface area (Å²) in [4.78, 5) is 20.2. The number of aromatic nitrogens is 7. The molecule has 2 atom stereocenters. The molecule has 41 heavy (non-hydrogen) atoms. The summed E-state index contributed by atoms with van der Waals surface area (Å²) in [6.45, 7) is 0. The lowest BCUT2D eigenvalue weighted by atomic mass is 9.93. The number of alkyl halides is 3. The predicted molar refractivity (Wildman–Crippen MR) is 143 cm³/mol. The van der Waals surface area contributed by atoms with Crippen LogP contribution in [0.5, 0.6) is 5.88 Å². The first-order valence-electron chi connectivity index (χ1n) is 14.2. The van der Waals surface area contributed by atoms with Gasteiger partial charge in [0.05, 0.1) is 24.4 Å². The summed E-state index contributed by atoms with van der Waals surface area (Å²) in [7, 11) is 3.63. The second kappa shape index (κ2) is 8.77. The highest BCUT2D eigenvalue weighted by atomic mass is 19.4. The fourth-order valence-corrected chi connectivity index (χ4v) is 6.76. The molecule has 0 amide bonds. The first kappa shape index (κ1) is 24.8. The predicted octanol–water partition coefficient (Wildman–Crippen LogP) is 5.64. The Balaban J connectivity index is 1.18. The first-order valence-corrected chi connectivity index (χ1v) is 14.2. The van der Waals surface area contributed by atoms with Gasteiger partial charge in [0.1, 0.15) is 23.7 Å². The monoisotopic (exact) mass is 562 g/mol. The number of anilines is 1. The molecular formula is C29H29F3N8O. The van der Waals surface area contributed by atoms with E-state index in [1.807, 2.05) is 23.9 Å². The Morgan fingerprint density at radius 3 is 2.46 bits per heavy atom. The number of fused-ring (bicyclic) bond motifs is 4. The molecule has 2 aliphatic heterocycles. The molecule has 6 heterocycles. The lowest BCUT2D eigenvalue weighted by Crippen LogP contribution is -2.38. The minimum Gasteiger partial charge on any atom is -0.480 e. The molecule has 0 radical (unpaired) electrons. The molecule has 9 nitrogen and oxygen atoms in total. The zero-order valence-electron chi connectivity index (χ0n) is 22.8. The maximum absolute atomic E-state index is 13.5. The first-order chi connectivity index (χ1) is 19.8. The van der Waals surface area contributed by atoms with Crippen molar-refractivity contribution in [2.24, 2.45) is 7.05 Å². The fourth-order valence-electron chi connectivity index (χ4n) is 6.76. The van der Waals surface area contributed by atoms with Crippen molar-refractivity contribution < 1.29 is 17.9 Å². The Kier molecular flexibility index (Phi) is 5.30. The highest BCUT2D eigenvalue weighted by molar-refractivity contribution is 5.75. The number of halogens is 3. The minimum absolute atomic E-state index is 0.0630. The van der Waals surface area contributed by atoms with Gasteiger partial charge in [0.25, 0.3) is 0 Å². The number of hydrogen-bond acceptors (Lipinski definition) is 7.